The average molecular weight is 323 g/mol. The van der Waals surface area contributed by atoms with Crippen LogP contribution in [-0.2, 0) is 14.3 Å². The Morgan fingerprint density at radius 1 is 1.13 bits per heavy atom. The van der Waals surface area contributed by atoms with Crippen molar-refractivity contribution in [1.82, 2.24) is 5.32 Å². The molecule has 3 saturated carbocycles. The van der Waals surface area contributed by atoms with Gasteiger partial charge in [-0.15, -0.1) is 0 Å². The van der Waals surface area contributed by atoms with E-state index in [1.54, 1.807) is 0 Å². The van der Waals surface area contributed by atoms with Crippen LogP contribution in [0.4, 0.5) is 0 Å². The number of carbonyl (C=O) groups excluding carboxylic acids is 1. The number of ether oxygens (including phenoxy) is 1. The number of carboxylic acid groups (broad SMARTS) is 1. The molecule has 0 aromatic rings. The topological polar surface area (TPSA) is 75.6 Å². The van der Waals surface area contributed by atoms with Gasteiger partial charge in [-0.05, 0) is 45.4 Å². The molecule has 2 N–H and O–H groups in total. The lowest BCUT2D eigenvalue weighted by Gasteiger charge is -2.54. The molecule has 5 heteroatoms. The first-order valence-corrected chi connectivity index (χ1v) is 9.21. The molecule has 23 heavy (non-hydrogen) atoms. The highest BCUT2D eigenvalue weighted by Crippen LogP contribution is 2.54. The van der Waals surface area contributed by atoms with Crippen LogP contribution in [0.15, 0.2) is 0 Å². The number of rotatable bonds is 5. The molecule has 0 bridgehead atoms. The Labute approximate surface area is 138 Å². The van der Waals surface area contributed by atoms with Gasteiger partial charge in [0, 0.05) is 24.0 Å². The molecule has 3 fully saturated rings. The van der Waals surface area contributed by atoms with Gasteiger partial charge in [-0.25, -0.2) is 0 Å². The van der Waals surface area contributed by atoms with E-state index in [9.17, 15) is 14.7 Å². The van der Waals surface area contributed by atoms with Crippen molar-refractivity contribution in [2.75, 3.05) is 6.61 Å². The number of nitrogens with one attached hydrogen (secondary N) is 1. The second-order valence-corrected chi connectivity index (χ2v) is 7.58. The molecule has 3 aliphatic carbocycles. The van der Waals surface area contributed by atoms with Crippen LogP contribution < -0.4 is 5.32 Å². The van der Waals surface area contributed by atoms with Crippen molar-refractivity contribution in [3.8, 4) is 0 Å². The second kappa shape index (κ2) is 6.80. The molecular formula is C18H29NO4. The van der Waals surface area contributed by atoms with E-state index in [-0.39, 0.29) is 29.2 Å². The number of amides is 1. The van der Waals surface area contributed by atoms with Gasteiger partial charge in [-0.2, -0.15) is 0 Å². The van der Waals surface area contributed by atoms with E-state index >= 15 is 0 Å². The van der Waals surface area contributed by atoms with E-state index in [1.807, 2.05) is 6.92 Å². The molecule has 1 amide bonds. The maximum absolute atomic E-state index is 12.6. The first kappa shape index (κ1) is 16.7. The number of aliphatic carboxylic acids is 1. The van der Waals surface area contributed by atoms with Crippen LogP contribution in [-0.4, -0.2) is 35.7 Å². The highest BCUT2D eigenvalue weighted by Gasteiger charge is 2.57. The molecule has 3 aliphatic rings. The summed E-state index contributed by atoms with van der Waals surface area (Å²) in [5.41, 5.74) is 0.145. The van der Waals surface area contributed by atoms with Crippen LogP contribution in [0.25, 0.3) is 0 Å². The molecule has 0 saturated heterocycles. The zero-order valence-electron chi connectivity index (χ0n) is 14.1. The van der Waals surface area contributed by atoms with Crippen molar-refractivity contribution in [3.05, 3.63) is 0 Å². The van der Waals surface area contributed by atoms with E-state index in [4.69, 9.17) is 4.74 Å². The normalized spacial score (nSPS) is 35.7. The fraction of sp³-hybridized carbons (Fsp3) is 0.889. The standard InChI is InChI=1S/C18H29NO4/c1-2-23-15-11-14(18(15)8-3-4-9-18)19-16(20)12-6-5-7-13(10-12)17(21)22/h12-15H,2-11H2,1H3,(H,19,20)(H,21,22). The summed E-state index contributed by atoms with van der Waals surface area (Å²) >= 11 is 0. The predicted molar refractivity (Wildman–Crippen MR) is 85.9 cm³/mol. The minimum atomic E-state index is -0.755. The van der Waals surface area contributed by atoms with Gasteiger partial charge >= 0.3 is 5.97 Å². The van der Waals surface area contributed by atoms with E-state index in [0.29, 0.717) is 18.9 Å². The lowest BCUT2D eigenvalue weighted by molar-refractivity contribution is -0.149. The third-order valence-electron chi connectivity index (χ3n) is 6.40. The molecule has 1 spiro atoms. The van der Waals surface area contributed by atoms with E-state index in [2.05, 4.69) is 5.32 Å². The molecule has 4 atom stereocenters. The van der Waals surface area contributed by atoms with Gasteiger partial charge in [0.2, 0.25) is 5.91 Å². The summed E-state index contributed by atoms with van der Waals surface area (Å²) < 4.78 is 5.89. The van der Waals surface area contributed by atoms with E-state index in [0.717, 1.165) is 38.7 Å². The van der Waals surface area contributed by atoms with Gasteiger partial charge in [0.1, 0.15) is 0 Å². The van der Waals surface area contributed by atoms with Crippen molar-refractivity contribution in [3.63, 3.8) is 0 Å². The summed E-state index contributed by atoms with van der Waals surface area (Å²) in [6, 6.07) is 0.222. The second-order valence-electron chi connectivity index (χ2n) is 7.58. The third-order valence-corrected chi connectivity index (χ3v) is 6.40. The number of carbonyl (C=O) groups is 2. The van der Waals surface area contributed by atoms with Gasteiger partial charge in [0.25, 0.3) is 0 Å². The lowest BCUT2D eigenvalue weighted by Crippen LogP contribution is -2.64. The first-order valence-electron chi connectivity index (χ1n) is 9.21. The monoisotopic (exact) mass is 323 g/mol. The fourth-order valence-electron chi connectivity index (χ4n) is 5.03. The molecule has 5 nitrogen and oxygen atoms in total. The smallest absolute Gasteiger partial charge is 0.306 e. The molecule has 3 rings (SSSR count). The van der Waals surface area contributed by atoms with Crippen LogP contribution in [0.2, 0.25) is 0 Å². The Morgan fingerprint density at radius 3 is 2.48 bits per heavy atom. The zero-order valence-corrected chi connectivity index (χ0v) is 14.1. The summed E-state index contributed by atoms with van der Waals surface area (Å²) in [5, 5.41) is 12.4. The van der Waals surface area contributed by atoms with Crippen LogP contribution in [0, 0.1) is 17.3 Å². The SMILES string of the molecule is CCOC1CC(NC(=O)C2CCCC(C(=O)O)C2)C12CCCC2. The Hall–Kier alpha value is -1.10. The number of hydrogen-bond donors (Lipinski definition) is 2. The summed E-state index contributed by atoms with van der Waals surface area (Å²) in [6.07, 6.45) is 8.80. The van der Waals surface area contributed by atoms with E-state index in [1.165, 1.54) is 12.8 Å². The maximum Gasteiger partial charge on any atom is 0.306 e. The molecule has 0 aliphatic heterocycles. The van der Waals surface area contributed by atoms with Gasteiger partial charge in [-0.1, -0.05) is 19.3 Å². The summed E-state index contributed by atoms with van der Waals surface area (Å²) in [7, 11) is 0. The summed E-state index contributed by atoms with van der Waals surface area (Å²) in [5.74, 6) is -1.16. The number of hydrogen-bond acceptors (Lipinski definition) is 3. The lowest BCUT2D eigenvalue weighted by atomic mass is 9.60. The summed E-state index contributed by atoms with van der Waals surface area (Å²) in [4.78, 5) is 23.8. The van der Waals surface area contributed by atoms with Gasteiger partial charge in [0.05, 0.1) is 12.0 Å². The minimum absolute atomic E-state index is 0.0715. The Kier molecular flexibility index (Phi) is 4.95. The van der Waals surface area contributed by atoms with Crippen molar-refractivity contribution in [2.24, 2.45) is 17.3 Å². The van der Waals surface area contributed by atoms with E-state index < -0.39 is 5.97 Å². The van der Waals surface area contributed by atoms with Crippen molar-refractivity contribution in [2.45, 2.75) is 76.9 Å². The van der Waals surface area contributed by atoms with Gasteiger partial charge in [-0.3, -0.25) is 9.59 Å². The molecule has 0 aromatic carbocycles. The van der Waals surface area contributed by atoms with Gasteiger partial charge in [0.15, 0.2) is 0 Å². The van der Waals surface area contributed by atoms with Crippen LogP contribution in [0.3, 0.4) is 0 Å². The fourth-order valence-corrected chi connectivity index (χ4v) is 5.03. The Morgan fingerprint density at radius 2 is 1.83 bits per heavy atom. The summed E-state index contributed by atoms with van der Waals surface area (Å²) in [6.45, 7) is 2.76. The van der Waals surface area contributed by atoms with Crippen LogP contribution >= 0.6 is 0 Å². The zero-order chi connectivity index (χ0) is 16.4. The molecule has 4 unspecified atom stereocenters. The predicted octanol–water partition coefficient (Wildman–Crippen LogP) is 2.73. The Bertz CT molecular complexity index is 458. The molecule has 0 radical (unpaired) electrons. The average Bonchev–Trinajstić information content (AvgIpc) is 3.06. The van der Waals surface area contributed by atoms with Crippen molar-refractivity contribution >= 4 is 11.9 Å². The molecule has 0 heterocycles. The highest BCUT2D eigenvalue weighted by molar-refractivity contribution is 5.80. The molecular weight excluding hydrogens is 294 g/mol. The minimum Gasteiger partial charge on any atom is -0.481 e. The first-order chi connectivity index (χ1) is 11.1. The Balaban J connectivity index is 1.58. The molecule has 0 aromatic heterocycles. The van der Waals surface area contributed by atoms with Crippen molar-refractivity contribution < 1.29 is 19.4 Å². The molecule has 130 valence electrons. The van der Waals surface area contributed by atoms with Crippen molar-refractivity contribution in [1.29, 1.82) is 0 Å². The van der Waals surface area contributed by atoms with Crippen LogP contribution in [0.5, 0.6) is 0 Å². The third kappa shape index (κ3) is 3.12. The number of carboxylic acids is 1. The quantitative estimate of drug-likeness (QED) is 0.816. The van der Waals surface area contributed by atoms with Crippen LogP contribution in [0.1, 0.15) is 64.7 Å². The van der Waals surface area contributed by atoms with Gasteiger partial charge < -0.3 is 15.2 Å². The highest BCUT2D eigenvalue weighted by atomic mass is 16.5. The largest absolute Gasteiger partial charge is 0.481 e. The maximum atomic E-state index is 12.6.